The van der Waals surface area contributed by atoms with Gasteiger partial charge in [0.2, 0.25) is 5.91 Å². The molecule has 0 aliphatic carbocycles. The summed E-state index contributed by atoms with van der Waals surface area (Å²) in [5.74, 6) is 0.829. The van der Waals surface area contributed by atoms with Gasteiger partial charge in [-0.05, 0) is 20.8 Å². The van der Waals surface area contributed by atoms with Crippen LogP contribution in [0, 0.1) is 6.92 Å². The molecule has 150 valence electrons. The Bertz CT molecular complexity index is 1020. The van der Waals surface area contributed by atoms with Gasteiger partial charge in [0.05, 0.1) is 23.7 Å². The average molecular weight is 427 g/mol. The van der Waals surface area contributed by atoms with Gasteiger partial charge >= 0.3 is 0 Å². The number of hydrogen-bond donors (Lipinski definition) is 1. The van der Waals surface area contributed by atoms with Gasteiger partial charge in [0.15, 0.2) is 11.0 Å². The van der Waals surface area contributed by atoms with Crippen molar-refractivity contribution in [2.24, 2.45) is 0 Å². The van der Waals surface area contributed by atoms with Crippen LogP contribution in [0.1, 0.15) is 30.7 Å². The molecule has 3 aromatic rings. The van der Waals surface area contributed by atoms with Gasteiger partial charge in [-0.2, -0.15) is 0 Å². The van der Waals surface area contributed by atoms with Crippen LogP contribution in [0.3, 0.4) is 0 Å². The lowest BCUT2D eigenvalue weighted by Crippen LogP contribution is -2.33. The minimum atomic E-state index is -0.268. The van der Waals surface area contributed by atoms with Crippen molar-refractivity contribution in [2.45, 2.75) is 44.4 Å². The van der Waals surface area contributed by atoms with Crippen LogP contribution in [-0.2, 0) is 22.6 Å². The fourth-order valence-corrected chi connectivity index (χ4v) is 4.43. The number of amides is 1. The van der Waals surface area contributed by atoms with Crippen LogP contribution < -0.4 is 5.32 Å². The minimum absolute atomic E-state index is 0.105. The third-order valence-corrected chi connectivity index (χ3v) is 6.29. The maximum Gasteiger partial charge on any atom is 0.236 e. The molecule has 0 radical (unpaired) electrons. The number of thioether (sulfide) groups is 1. The Kier molecular flexibility index (Phi) is 5.67. The summed E-state index contributed by atoms with van der Waals surface area (Å²) < 4.78 is 5.98. The molecule has 1 aliphatic heterocycles. The number of anilines is 1. The molecule has 0 saturated carbocycles. The van der Waals surface area contributed by atoms with E-state index in [4.69, 9.17) is 14.7 Å². The topological polar surface area (TPSA) is 77.0 Å². The summed E-state index contributed by atoms with van der Waals surface area (Å²) in [7, 11) is 0. The lowest BCUT2D eigenvalue weighted by Gasteiger charge is -2.32. The molecular formula is C21H22N4O2S2. The summed E-state index contributed by atoms with van der Waals surface area (Å²) in [4.78, 5) is 26.0. The molecule has 1 N–H and O–H groups in total. The third kappa shape index (κ3) is 4.83. The van der Waals surface area contributed by atoms with Crippen molar-refractivity contribution in [3.63, 3.8) is 0 Å². The molecule has 0 fully saturated rings. The van der Waals surface area contributed by atoms with Gasteiger partial charge in [0.25, 0.3) is 0 Å². The Morgan fingerprint density at radius 1 is 1.28 bits per heavy atom. The number of ether oxygens (including phenoxy) is 1. The fraction of sp³-hybridized carbons (Fsp3) is 0.333. The van der Waals surface area contributed by atoms with E-state index in [1.807, 2.05) is 17.5 Å². The summed E-state index contributed by atoms with van der Waals surface area (Å²) in [6.45, 7) is 6.64. The first-order valence-corrected chi connectivity index (χ1v) is 11.2. The zero-order valence-corrected chi connectivity index (χ0v) is 18.2. The molecule has 0 saturated heterocycles. The molecule has 0 unspecified atom stereocenters. The molecule has 8 heteroatoms. The number of aromatic nitrogens is 3. The van der Waals surface area contributed by atoms with Crippen molar-refractivity contribution < 1.29 is 9.53 Å². The predicted octanol–water partition coefficient (Wildman–Crippen LogP) is 4.49. The first-order valence-electron chi connectivity index (χ1n) is 9.32. The van der Waals surface area contributed by atoms with Crippen LogP contribution in [0.5, 0.6) is 0 Å². The number of rotatable bonds is 5. The highest BCUT2D eigenvalue weighted by molar-refractivity contribution is 8.00. The van der Waals surface area contributed by atoms with E-state index < -0.39 is 0 Å². The molecule has 0 bridgehead atoms. The van der Waals surface area contributed by atoms with E-state index in [1.165, 1.54) is 28.7 Å². The van der Waals surface area contributed by atoms with Crippen molar-refractivity contribution in [2.75, 3.05) is 11.1 Å². The molecule has 0 spiro atoms. The third-order valence-electron chi connectivity index (χ3n) is 4.58. The number of aryl methyl sites for hydroxylation is 1. The van der Waals surface area contributed by atoms with Crippen molar-refractivity contribution in [3.05, 3.63) is 52.7 Å². The van der Waals surface area contributed by atoms with Gasteiger partial charge in [-0.25, -0.2) is 15.0 Å². The molecule has 1 amide bonds. The first kappa shape index (κ1) is 20.0. The lowest BCUT2D eigenvalue weighted by molar-refractivity contribution is -0.113. The van der Waals surface area contributed by atoms with Gasteiger partial charge in [-0.15, -0.1) is 11.3 Å². The van der Waals surface area contributed by atoms with Crippen molar-refractivity contribution in [1.82, 2.24) is 15.0 Å². The number of hydrogen-bond acceptors (Lipinski definition) is 7. The Labute approximate surface area is 178 Å². The molecule has 6 nitrogen and oxygen atoms in total. The molecule has 4 rings (SSSR count). The summed E-state index contributed by atoms with van der Waals surface area (Å²) in [5, 5.41) is 6.04. The molecule has 1 aromatic carbocycles. The Morgan fingerprint density at radius 2 is 2.07 bits per heavy atom. The predicted molar refractivity (Wildman–Crippen MR) is 116 cm³/mol. The van der Waals surface area contributed by atoms with E-state index in [-0.39, 0.29) is 17.3 Å². The summed E-state index contributed by atoms with van der Waals surface area (Å²) >= 11 is 2.81. The second-order valence-corrected chi connectivity index (χ2v) is 9.40. The maximum absolute atomic E-state index is 12.3. The van der Waals surface area contributed by atoms with Crippen molar-refractivity contribution in [1.29, 1.82) is 0 Å². The Balaban J connectivity index is 1.61. The number of carbonyl (C=O) groups is 1. The zero-order chi connectivity index (χ0) is 20.4. The number of carbonyl (C=O) groups excluding carboxylic acids is 1. The smallest absolute Gasteiger partial charge is 0.236 e. The number of nitrogens with one attached hydrogen (secondary N) is 1. The van der Waals surface area contributed by atoms with Gasteiger partial charge in [-0.3, -0.25) is 4.79 Å². The van der Waals surface area contributed by atoms with E-state index >= 15 is 0 Å². The van der Waals surface area contributed by atoms with E-state index in [1.54, 1.807) is 6.20 Å². The van der Waals surface area contributed by atoms with E-state index in [0.717, 1.165) is 21.8 Å². The van der Waals surface area contributed by atoms with Gasteiger partial charge in [0.1, 0.15) is 5.03 Å². The molecule has 3 heterocycles. The summed E-state index contributed by atoms with van der Waals surface area (Å²) in [5.41, 5.74) is 3.86. The molecular weight excluding hydrogens is 404 g/mol. The van der Waals surface area contributed by atoms with Crippen molar-refractivity contribution >= 4 is 34.1 Å². The van der Waals surface area contributed by atoms with Gasteiger partial charge in [0, 0.05) is 29.1 Å². The highest BCUT2D eigenvalue weighted by Crippen LogP contribution is 2.34. The first-order chi connectivity index (χ1) is 13.9. The molecule has 1 aliphatic rings. The highest BCUT2D eigenvalue weighted by atomic mass is 32.2. The van der Waals surface area contributed by atoms with Crippen LogP contribution in [-0.4, -0.2) is 32.2 Å². The number of benzene rings is 1. The van der Waals surface area contributed by atoms with E-state index in [0.29, 0.717) is 24.0 Å². The van der Waals surface area contributed by atoms with E-state index in [2.05, 4.69) is 43.2 Å². The monoisotopic (exact) mass is 426 g/mol. The SMILES string of the molecule is Cc1ccc(-c2nc3c(c(SCC(=O)Nc4nccs4)n2)COC(C)(C)C3)cc1. The van der Waals surface area contributed by atoms with Crippen LogP contribution in [0.15, 0.2) is 40.9 Å². The standard InChI is InChI=1S/C21H22N4O2S2/c1-13-4-6-14(7-5-13)18-23-16-10-21(2,3)27-11-15(16)19(25-18)29-12-17(26)24-20-22-8-9-28-20/h4-9H,10-12H2,1-3H3,(H,22,24,26). The number of nitrogens with zero attached hydrogens (tertiary/aromatic N) is 3. The summed E-state index contributed by atoms with van der Waals surface area (Å²) in [6, 6.07) is 8.18. The highest BCUT2D eigenvalue weighted by Gasteiger charge is 2.30. The normalized spacial score (nSPS) is 15.0. The molecule has 2 aromatic heterocycles. The van der Waals surface area contributed by atoms with Crippen molar-refractivity contribution in [3.8, 4) is 11.4 Å². The van der Waals surface area contributed by atoms with Crippen LogP contribution in [0.2, 0.25) is 0 Å². The number of thiazole rings is 1. The second kappa shape index (κ2) is 8.22. The molecule has 29 heavy (non-hydrogen) atoms. The lowest BCUT2D eigenvalue weighted by atomic mass is 9.96. The Hall–Kier alpha value is -2.29. The van der Waals surface area contributed by atoms with E-state index in [9.17, 15) is 4.79 Å². The van der Waals surface area contributed by atoms with Crippen LogP contribution in [0.25, 0.3) is 11.4 Å². The minimum Gasteiger partial charge on any atom is -0.370 e. The van der Waals surface area contributed by atoms with Crippen LogP contribution in [0.4, 0.5) is 5.13 Å². The van der Waals surface area contributed by atoms with Crippen LogP contribution >= 0.6 is 23.1 Å². The van der Waals surface area contributed by atoms with Gasteiger partial charge < -0.3 is 10.1 Å². The largest absolute Gasteiger partial charge is 0.370 e. The fourth-order valence-electron chi connectivity index (χ4n) is 3.05. The Morgan fingerprint density at radius 3 is 2.79 bits per heavy atom. The second-order valence-electron chi connectivity index (χ2n) is 7.54. The number of fused-ring (bicyclic) bond motifs is 1. The maximum atomic E-state index is 12.3. The quantitative estimate of drug-likeness (QED) is 0.478. The average Bonchev–Trinajstić information content (AvgIpc) is 3.18. The van der Waals surface area contributed by atoms with Gasteiger partial charge in [-0.1, -0.05) is 41.6 Å². The molecule has 0 atom stereocenters. The zero-order valence-electron chi connectivity index (χ0n) is 16.6. The summed E-state index contributed by atoms with van der Waals surface area (Å²) in [6.07, 6.45) is 2.38.